The summed E-state index contributed by atoms with van der Waals surface area (Å²) in [4.78, 5) is 0. The molecule has 8 nitrogen and oxygen atoms in total. The zero-order chi connectivity index (χ0) is 14.2. The molecule has 0 saturated heterocycles. The Bertz CT molecular complexity index is 183. The lowest BCUT2D eigenvalue weighted by Crippen LogP contribution is -2.54. The second-order valence-electron chi connectivity index (χ2n) is 2.89. The van der Waals surface area contributed by atoms with Crippen LogP contribution >= 0.6 is 0 Å². The van der Waals surface area contributed by atoms with Crippen LogP contribution in [0.15, 0.2) is 0 Å². The van der Waals surface area contributed by atoms with Gasteiger partial charge < -0.3 is 35.4 Å². The molecule has 0 aliphatic rings. The second-order valence-corrected chi connectivity index (χ2v) is 7.81. The van der Waals surface area contributed by atoms with Gasteiger partial charge in [-0.25, -0.2) is 0 Å². The Labute approximate surface area is 110 Å². The first-order chi connectivity index (χ1) is 8.46. The van der Waals surface area contributed by atoms with Crippen molar-refractivity contribution in [3.05, 3.63) is 6.92 Å². The summed E-state index contributed by atoms with van der Waals surface area (Å²) >= 11 is 0. The normalized spacial score (nSPS) is 13.3. The van der Waals surface area contributed by atoms with E-state index in [-0.39, 0.29) is 0 Å². The van der Waals surface area contributed by atoms with Gasteiger partial charge in [0.1, 0.15) is 6.29 Å². The number of hydrogen-bond donors (Lipinski definition) is 0. The first kappa shape index (κ1) is 18.1. The van der Waals surface area contributed by atoms with Crippen LogP contribution in [-0.4, -0.2) is 67.0 Å². The Balaban J connectivity index is 4.61. The van der Waals surface area contributed by atoms with Crippen LogP contribution in [-0.2, 0) is 35.4 Å². The van der Waals surface area contributed by atoms with E-state index in [0.29, 0.717) is 0 Å². The van der Waals surface area contributed by atoms with Crippen molar-refractivity contribution in [3.63, 3.8) is 0 Å². The molecule has 0 aromatic rings. The molecule has 1 radical (unpaired) electrons. The Hall–Kier alpha value is 0.114. The first-order valence-electron chi connectivity index (χ1n) is 4.96. The Kier molecular flexibility index (Phi) is 8.37. The minimum Gasteiger partial charge on any atom is -0.355 e. The molecule has 0 aromatic heterocycles. The molecule has 0 N–H and O–H groups in total. The molecule has 0 atom stereocenters. The van der Waals surface area contributed by atoms with Crippen LogP contribution < -0.4 is 0 Å². The second kappa shape index (κ2) is 8.32. The van der Waals surface area contributed by atoms with Gasteiger partial charge in [0.2, 0.25) is 0 Å². The molecule has 0 heterocycles. The maximum absolute atomic E-state index is 5.38. The van der Waals surface area contributed by atoms with E-state index in [1.165, 1.54) is 42.7 Å². The van der Waals surface area contributed by atoms with Crippen LogP contribution in [0.3, 0.4) is 0 Å². The van der Waals surface area contributed by atoms with Crippen molar-refractivity contribution in [2.24, 2.45) is 0 Å². The lowest BCUT2D eigenvalue weighted by molar-refractivity contribution is -0.118. The molecule has 0 fully saturated rings. The van der Waals surface area contributed by atoms with E-state index in [2.05, 4.69) is 6.92 Å². The Morgan fingerprint density at radius 3 is 1.00 bits per heavy atom. The van der Waals surface area contributed by atoms with E-state index in [4.69, 9.17) is 35.4 Å². The monoisotopic (exact) mass is 301 g/mol. The van der Waals surface area contributed by atoms with E-state index in [1.807, 2.05) is 0 Å². The molecule has 0 spiro atoms. The van der Waals surface area contributed by atoms with Crippen molar-refractivity contribution in [3.8, 4) is 0 Å². The Morgan fingerprint density at radius 2 is 0.833 bits per heavy atom. The van der Waals surface area contributed by atoms with Gasteiger partial charge in [0, 0.05) is 49.6 Å². The van der Waals surface area contributed by atoms with Gasteiger partial charge in [-0.3, -0.25) is 0 Å². The fourth-order valence-electron chi connectivity index (χ4n) is 1.13. The highest BCUT2D eigenvalue weighted by Crippen LogP contribution is 2.16. The fraction of sp³-hybridized carbons (Fsp3) is 0.875. The van der Waals surface area contributed by atoms with Crippen LogP contribution in [0, 0.1) is 6.92 Å². The fourth-order valence-corrected chi connectivity index (χ4v) is 3.55. The summed E-state index contributed by atoms with van der Waals surface area (Å²) in [5.74, 6) is 0. The van der Waals surface area contributed by atoms with E-state index in [9.17, 15) is 0 Å². The Morgan fingerprint density at radius 1 is 0.611 bits per heavy atom. The molecule has 0 aromatic carbocycles. The molecule has 0 aliphatic heterocycles. The summed E-state index contributed by atoms with van der Waals surface area (Å²) in [6.07, 6.45) is -0.997. The predicted octanol–water partition coefficient (Wildman–Crippen LogP) is -0.0706. The zero-order valence-electron chi connectivity index (χ0n) is 11.6. The highest BCUT2D eigenvalue weighted by atomic mass is 28.4. The molecule has 0 aliphatic carbocycles. The average Bonchev–Trinajstić information content (AvgIpc) is 2.42. The van der Waals surface area contributed by atoms with Gasteiger partial charge in [0.25, 0.3) is 0 Å². The van der Waals surface area contributed by atoms with Gasteiger partial charge in [-0.1, -0.05) is 0 Å². The molecule has 109 valence electrons. The summed E-state index contributed by atoms with van der Waals surface area (Å²) in [6, 6.07) is 0. The van der Waals surface area contributed by atoms with Crippen molar-refractivity contribution in [1.29, 1.82) is 0 Å². The molecule has 0 unspecified atom stereocenters. The van der Waals surface area contributed by atoms with Gasteiger partial charge >= 0.3 is 18.1 Å². The predicted molar refractivity (Wildman–Crippen MR) is 64.9 cm³/mol. The quantitative estimate of drug-likeness (QED) is 0.410. The third kappa shape index (κ3) is 4.66. The standard InChI is InChI=1S/C8H21O8Si2/c1-8(15-17(9-2,10-3)11-4)16-18(12-5,13-6)14-7/h8H,1H2,2-7H3. The van der Waals surface area contributed by atoms with Crippen LogP contribution in [0.4, 0.5) is 0 Å². The van der Waals surface area contributed by atoms with E-state index < -0.39 is 24.4 Å². The van der Waals surface area contributed by atoms with Crippen LogP contribution in [0.1, 0.15) is 0 Å². The van der Waals surface area contributed by atoms with Crippen LogP contribution in [0.5, 0.6) is 0 Å². The molecule has 0 bridgehead atoms. The SMILES string of the molecule is [CH2]C(O[Si](OC)(OC)OC)O[Si](OC)(OC)OC. The van der Waals surface area contributed by atoms with Gasteiger partial charge in [-0.15, -0.1) is 0 Å². The lowest BCUT2D eigenvalue weighted by Gasteiger charge is -2.30. The number of hydrogen-bond acceptors (Lipinski definition) is 8. The molecule has 10 heteroatoms. The van der Waals surface area contributed by atoms with Gasteiger partial charge in [-0.2, -0.15) is 0 Å². The van der Waals surface area contributed by atoms with E-state index in [0.717, 1.165) is 0 Å². The zero-order valence-corrected chi connectivity index (χ0v) is 13.6. The lowest BCUT2D eigenvalue weighted by atomic mass is 10.8. The van der Waals surface area contributed by atoms with Gasteiger partial charge in [-0.05, 0) is 0 Å². The highest BCUT2D eigenvalue weighted by Gasteiger charge is 2.49. The third-order valence-electron chi connectivity index (χ3n) is 2.05. The summed E-state index contributed by atoms with van der Waals surface area (Å²) in [5.41, 5.74) is 0. The maximum Gasteiger partial charge on any atom is 0.680 e. The van der Waals surface area contributed by atoms with Gasteiger partial charge in [0.05, 0.1) is 0 Å². The van der Waals surface area contributed by atoms with Crippen molar-refractivity contribution in [1.82, 2.24) is 0 Å². The van der Waals surface area contributed by atoms with Crippen molar-refractivity contribution < 1.29 is 35.4 Å². The molecular formula is C8H21O8Si2. The molecule has 0 rings (SSSR count). The summed E-state index contributed by atoms with van der Waals surface area (Å²) in [5, 5.41) is 0. The van der Waals surface area contributed by atoms with E-state index >= 15 is 0 Å². The number of rotatable bonds is 10. The smallest absolute Gasteiger partial charge is 0.355 e. The minimum atomic E-state index is -3.25. The summed E-state index contributed by atoms with van der Waals surface area (Å²) < 4.78 is 41.2. The molecule has 0 saturated carbocycles. The maximum atomic E-state index is 5.38. The van der Waals surface area contributed by atoms with Crippen molar-refractivity contribution in [2.75, 3.05) is 42.7 Å². The molecule has 18 heavy (non-hydrogen) atoms. The van der Waals surface area contributed by atoms with Crippen molar-refractivity contribution >= 4 is 18.1 Å². The largest absolute Gasteiger partial charge is 0.680 e. The summed E-state index contributed by atoms with van der Waals surface area (Å²) in [7, 11) is 1.91. The average molecular weight is 301 g/mol. The van der Waals surface area contributed by atoms with Crippen molar-refractivity contribution in [2.45, 2.75) is 6.29 Å². The molecular weight excluding hydrogens is 280 g/mol. The molecule has 0 amide bonds. The van der Waals surface area contributed by atoms with E-state index in [1.54, 1.807) is 0 Å². The van der Waals surface area contributed by atoms with Crippen LogP contribution in [0.25, 0.3) is 0 Å². The topological polar surface area (TPSA) is 73.8 Å². The minimum absolute atomic E-state index is 0.997. The highest BCUT2D eigenvalue weighted by molar-refractivity contribution is 6.54. The first-order valence-corrected chi connectivity index (χ1v) is 8.23. The third-order valence-corrected chi connectivity index (χ3v) is 6.15. The van der Waals surface area contributed by atoms with Crippen LogP contribution in [0.2, 0.25) is 0 Å². The summed E-state index contributed by atoms with van der Waals surface area (Å²) in [6.45, 7) is 3.64. The van der Waals surface area contributed by atoms with Gasteiger partial charge in [0.15, 0.2) is 0 Å².